The van der Waals surface area contributed by atoms with E-state index in [9.17, 15) is 14.4 Å². The number of ether oxygens (including phenoxy) is 1. The van der Waals surface area contributed by atoms with Crippen molar-refractivity contribution in [1.29, 1.82) is 0 Å². The first-order valence-electron chi connectivity index (χ1n) is 11.0. The van der Waals surface area contributed by atoms with Gasteiger partial charge in [-0.1, -0.05) is 42.5 Å². The van der Waals surface area contributed by atoms with E-state index in [-0.39, 0.29) is 29.5 Å². The Morgan fingerprint density at radius 1 is 0.939 bits per heavy atom. The number of nitrogens with one attached hydrogen (secondary N) is 1. The number of hydrogen-bond acceptors (Lipinski definition) is 5. The third-order valence-electron chi connectivity index (χ3n) is 5.80. The van der Waals surface area contributed by atoms with Crippen LogP contribution in [0.25, 0.3) is 0 Å². The van der Waals surface area contributed by atoms with Gasteiger partial charge in [0.25, 0.3) is 11.8 Å². The van der Waals surface area contributed by atoms with Crippen molar-refractivity contribution in [2.45, 2.75) is 19.3 Å². The van der Waals surface area contributed by atoms with Crippen LogP contribution in [0.3, 0.4) is 0 Å². The van der Waals surface area contributed by atoms with Gasteiger partial charge in [-0.25, -0.2) is 4.79 Å². The number of carbonyl (C=O) groups excluding carboxylic acids is 3. The molecule has 7 nitrogen and oxygen atoms in total. The Morgan fingerprint density at radius 3 is 2.39 bits per heavy atom. The molecule has 1 fully saturated rings. The van der Waals surface area contributed by atoms with Gasteiger partial charge in [-0.15, -0.1) is 0 Å². The zero-order valence-electron chi connectivity index (χ0n) is 18.2. The second-order valence-corrected chi connectivity index (χ2v) is 8.07. The van der Waals surface area contributed by atoms with Crippen LogP contribution in [0.5, 0.6) is 0 Å². The van der Waals surface area contributed by atoms with E-state index in [1.54, 1.807) is 35.2 Å². The molecule has 1 aromatic heterocycles. The minimum absolute atomic E-state index is 0.129. The number of furan rings is 1. The molecule has 1 N–H and O–H groups in total. The molecule has 0 radical (unpaired) electrons. The first kappa shape index (κ1) is 22.3. The third kappa shape index (κ3) is 5.88. The number of rotatable bonds is 7. The lowest BCUT2D eigenvalue weighted by Gasteiger charge is -2.32. The maximum absolute atomic E-state index is 12.6. The summed E-state index contributed by atoms with van der Waals surface area (Å²) < 4.78 is 10.3. The molecule has 4 rings (SSSR count). The molecule has 3 aromatic rings. The molecular weight excluding hydrogens is 420 g/mol. The van der Waals surface area contributed by atoms with Crippen molar-refractivity contribution in [3.8, 4) is 0 Å². The summed E-state index contributed by atoms with van der Waals surface area (Å²) in [6, 6.07) is 20.0. The van der Waals surface area contributed by atoms with Crippen molar-refractivity contribution in [2.75, 3.05) is 25.0 Å². The summed E-state index contributed by atoms with van der Waals surface area (Å²) in [6.07, 6.45) is 4.26. The van der Waals surface area contributed by atoms with Crippen LogP contribution in [0.1, 0.15) is 39.3 Å². The summed E-state index contributed by atoms with van der Waals surface area (Å²) in [5, 5.41) is 2.64. The van der Waals surface area contributed by atoms with Crippen molar-refractivity contribution >= 4 is 23.5 Å². The zero-order valence-corrected chi connectivity index (χ0v) is 18.2. The van der Waals surface area contributed by atoms with E-state index in [1.165, 1.54) is 17.9 Å². The summed E-state index contributed by atoms with van der Waals surface area (Å²) in [7, 11) is 0. The average Bonchev–Trinajstić information content (AvgIpc) is 3.39. The number of piperidine rings is 1. The van der Waals surface area contributed by atoms with Crippen LogP contribution in [0.4, 0.5) is 5.69 Å². The highest BCUT2D eigenvalue weighted by Gasteiger charge is 2.24. The zero-order chi connectivity index (χ0) is 23.0. The smallest absolute Gasteiger partial charge is 0.340 e. The number of nitrogens with zero attached hydrogens (tertiary/aromatic N) is 1. The molecular formula is C26H26N2O5. The van der Waals surface area contributed by atoms with Crippen LogP contribution in [-0.4, -0.2) is 42.4 Å². The predicted molar refractivity (Wildman–Crippen MR) is 123 cm³/mol. The molecule has 0 atom stereocenters. The van der Waals surface area contributed by atoms with Gasteiger partial charge in [-0.05, 0) is 55.0 Å². The fourth-order valence-electron chi connectivity index (χ4n) is 3.99. The van der Waals surface area contributed by atoms with E-state index >= 15 is 0 Å². The van der Waals surface area contributed by atoms with E-state index < -0.39 is 11.9 Å². The largest absolute Gasteiger partial charge is 0.459 e. The molecule has 7 heteroatoms. The quantitative estimate of drug-likeness (QED) is 0.550. The second-order valence-electron chi connectivity index (χ2n) is 8.07. The van der Waals surface area contributed by atoms with Gasteiger partial charge >= 0.3 is 5.97 Å². The minimum Gasteiger partial charge on any atom is -0.459 e. The lowest BCUT2D eigenvalue weighted by atomic mass is 9.90. The van der Waals surface area contributed by atoms with Crippen LogP contribution in [0.15, 0.2) is 77.4 Å². The highest BCUT2D eigenvalue weighted by atomic mass is 16.5. The molecule has 2 aromatic carbocycles. The maximum atomic E-state index is 12.6. The molecule has 0 unspecified atom stereocenters. The monoisotopic (exact) mass is 446 g/mol. The number of esters is 1. The summed E-state index contributed by atoms with van der Waals surface area (Å²) in [4.78, 5) is 39.2. The Bertz CT molecular complexity index is 1090. The highest BCUT2D eigenvalue weighted by molar-refractivity contribution is 6.06. The van der Waals surface area contributed by atoms with Gasteiger partial charge in [0, 0.05) is 13.1 Å². The molecule has 170 valence electrons. The number of benzene rings is 2. The van der Waals surface area contributed by atoms with Crippen molar-refractivity contribution in [3.05, 3.63) is 89.9 Å². The molecule has 2 amide bonds. The molecule has 33 heavy (non-hydrogen) atoms. The Hall–Kier alpha value is -3.87. The van der Waals surface area contributed by atoms with Gasteiger partial charge in [0.05, 0.1) is 17.5 Å². The van der Waals surface area contributed by atoms with E-state index in [0.29, 0.717) is 19.0 Å². The Kier molecular flexibility index (Phi) is 7.19. The first-order valence-corrected chi connectivity index (χ1v) is 11.0. The number of carbonyl (C=O) groups is 3. The standard InChI is InChI=1S/C26H26N2O5/c29-24(28-14-12-20(13-15-28)17-19-7-2-1-3-8-19)18-33-26(31)21-9-4-5-10-22(21)27-25(30)23-11-6-16-32-23/h1-11,16,20H,12-15,17-18H2,(H,27,30). The van der Waals surface area contributed by atoms with Gasteiger partial charge in [0.2, 0.25) is 0 Å². The van der Waals surface area contributed by atoms with Gasteiger partial charge < -0.3 is 19.4 Å². The number of para-hydroxylation sites is 1. The molecule has 2 heterocycles. The summed E-state index contributed by atoms with van der Waals surface area (Å²) in [5.41, 5.74) is 1.78. The summed E-state index contributed by atoms with van der Waals surface area (Å²) in [5.74, 6) is -0.682. The molecule has 0 spiro atoms. The molecule has 1 aliphatic rings. The Balaban J connectivity index is 1.27. The normalized spacial score (nSPS) is 14.0. The number of anilines is 1. The average molecular weight is 447 g/mol. The molecule has 0 saturated carbocycles. The molecule has 0 aliphatic carbocycles. The van der Waals surface area contributed by atoms with Gasteiger partial charge in [-0.2, -0.15) is 0 Å². The number of hydrogen-bond donors (Lipinski definition) is 1. The van der Waals surface area contributed by atoms with Crippen LogP contribution < -0.4 is 5.32 Å². The van der Waals surface area contributed by atoms with Gasteiger partial charge in [0.15, 0.2) is 12.4 Å². The minimum atomic E-state index is -0.669. The fraction of sp³-hybridized carbons (Fsp3) is 0.269. The van der Waals surface area contributed by atoms with Crippen molar-refractivity contribution in [1.82, 2.24) is 4.90 Å². The van der Waals surface area contributed by atoms with Crippen molar-refractivity contribution < 1.29 is 23.5 Å². The van der Waals surface area contributed by atoms with E-state index in [2.05, 4.69) is 17.4 Å². The Labute approximate surface area is 192 Å². The Morgan fingerprint density at radius 2 is 1.67 bits per heavy atom. The lowest BCUT2D eigenvalue weighted by molar-refractivity contribution is -0.135. The van der Waals surface area contributed by atoms with Crippen LogP contribution in [0, 0.1) is 5.92 Å². The summed E-state index contributed by atoms with van der Waals surface area (Å²) >= 11 is 0. The summed E-state index contributed by atoms with van der Waals surface area (Å²) in [6.45, 7) is 0.982. The SMILES string of the molecule is O=C(Nc1ccccc1C(=O)OCC(=O)N1CCC(Cc2ccccc2)CC1)c1ccco1. The highest BCUT2D eigenvalue weighted by Crippen LogP contribution is 2.22. The topological polar surface area (TPSA) is 88.8 Å². The first-order chi connectivity index (χ1) is 16.1. The number of amides is 2. The van der Waals surface area contributed by atoms with Crippen molar-refractivity contribution in [3.63, 3.8) is 0 Å². The number of likely N-dealkylation sites (tertiary alicyclic amines) is 1. The van der Waals surface area contributed by atoms with E-state index in [1.807, 2.05) is 18.2 Å². The van der Waals surface area contributed by atoms with Crippen LogP contribution in [0.2, 0.25) is 0 Å². The predicted octanol–water partition coefficient (Wildman–Crippen LogP) is 4.17. The third-order valence-corrected chi connectivity index (χ3v) is 5.80. The maximum Gasteiger partial charge on any atom is 0.340 e. The van der Waals surface area contributed by atoms with Gasteiger partial charge in [0.1, 0.15) is 0 Å². The van der Waals surface area contributed by atoms with E-state index in [0.717, 1.165) is 19.3 Å². The fourth-order valence-corrected chi connectivity index (χ4v) is 3.99. The van der Waals surface area contributed by atoms with Crippen LogP contribution in [-0.2, 0) is 16.0 Å². The lowest BCUT2D eigenvalue weighted by Crippen LogP contribution is -2.41. The van der Waals surface area contributed by atoms with E-state index in [4.69, 9.17) is 9.15 Å². The second kappa shape index (κ2) is 10.6. The van der Waals surface area contributed by atoms with Crippen molar-refractivity contribution in [2.24, 2.45) is 5.92 Å². The molecule has 1 saturated heterocycles. The van der Waals surface area contributed by atoms with Crippen LogP contribution >= 0.6 is 0 Å². The van der Waals surface area contributed by atoms with Gasteiger partial charge in [-0.3, -0.25) is 9.59 Å². The molecule has 1 aliphatic heterocycles. The molecule has 0 bridgehead atoms.